The van der Waals surface area contributed by atoms with E-state index in [0.717, 1.165) is 24.6 Å². The molecule has 1 N–H and O–H groups in total. The molecule has 2 nitrogen and oxygen atoms in total. The highest BCUT2D eigenvalue weighted by Crippen LogP contribution is 2.32. The molecule has 1 aromatic rings. The van der Waals surface area contributed by atoms with Crippen molar-refractivity contribution < 1.29 is 13.2 Å². The molecule has 0 amide bonds. The smallest absolute Gasteiger partial charge is 0.385 e. The summed E-state index contributed by atoms with van der Waals surface area (Å²) in [6.45, 7) is 3.65. The molecular weight excluding hydrogens is 277 g/mol. The van der Waals surface area contributed by atoms with Gasteiger partial charge in [-0.25, -0.2) is 0 Å². The van der Waals surface area contributed by atoms with E-state index in [1.54, 1.807) is 0 Å². The summed E-state index contributed by atoms with van der Waals surface area (Å²) < 4.78 is 38.2. The average molecular weight is 300 g/mol. The van der Waals surface area contributed by atoms with Crippen LogP contribution in [-0.2, 0) is 6.18 Å². The molecule has 21 heavy (non-hydrogen) atoms. The summed E-state index contributed by atoms with van der Waals surface area (Å²) in [5.74, 6) is 0. The van der Waals surface area contributed by atoms with Crippen LogP contribution in [0.5, 0.6) is 0 Å². The molecule has 1 aromatic carbocycles. The first-order valence-corrected chi connectivity index (χ1v) is 7.50. The second-order valence-electron chi connectivity index (χ2n) is 5.87. The zero-order chi connectivity index (χ0) is 15.5. The molecule has 1 heterocycles. The van der Waals surface area contributed by atoms with Crippen LogP contribution < -0.4 is 5.32 Å². The predicted molar refractivity (Wildman–Crippen MR) is 79.6 cm³/mol. The number of benzene rings is 1. The van der Waals surface area contributed by atoms with E-state index in [0.29, 0.717) is 18.3 Å². The highest BCUT2D eigenvalue weighted by molar-refractivity contribution is 5.53. The fourth-order valence-electron chi connectivity index (χ4n) is 2.87. The number of rotatable bonds is 4. The van der Waals surface area contributed by atoms with Crippen LogP contribution in [0.25, 0.3) is 0 Å². The van der Waals surface area contributed by atoms with E-state index in [4.69, 9.17) is 0 Å². The molecule has 1 atom stereocenters. The molecule has 1 aliphatic rings. The van der Waals surface area contributed by atoms with Gasteiger partial charge in [0.1, 0.15) is 0 Å². The fourth-order valence-corrected chi connectivity index (χ4v) is 2.87. The van der Waals surface area contributed by atoms with Gasteiger partial charge in [-0.05, 0) is 57.5 Å². The lowest BCUT2D eigenvalue weighted by Gasteiger charge is -2.32. The van der Waals surface area contributed by atoms with Gasteiger partial charge in [-0.1, -0.05) is 12.5 Å². The van der Waals surface area contributed by atoms with E-state index in [9.17, 15) is 13.2 Å². The second kappa shape index (κ2) is 6.69. The Morgan fingerprint density at radius 3 is 2.71 bits per heavy atom. The third-order valence-electron chi connectivity index (χ3n) is 4.28. The molecule has 0 radical (unpaired) electrons. The number of halogens is 3. The molecular formula is C16H23F3N2. The van der Waals surface area contributed by atoms with Gasteiger partial charge < -0.3 is 10.2 Å². The van der Waals surface area contributed by atoms with E-state index in [-0.39, 0.29) is 0 Å². The van der Waals surface area contributed by atoms with Gasteiger partial charge in [0.25, 0.3) is 0 Å². The predicted octanol–water partition coefficient (Wildman–Crippen LogP) is 4.30. The van der Waals surface area contributed by atoms with Crippen LogP contribution >= 0.6 is 0 Å². The van der Waals surface area contributed by atoms with E-state index >= 15 is 0 Å². The highest BCUT2D eigenvalue weighted by atomic mass is 19.4. The van der Waals surface area contributed by atoms with Crippen LogP contribution in [0.3, 0.4) is 0 Å². The van der Waals surface area contributed by atoms with E-state index in [2.05, 4.69) is 17.3 Å². The fraction of sp³-hybridized carbons (Fsp3) is 0.625. The summed E-state index contributed by atoms with van der Waals surface area (Å²) in [7, 11) is 2.12. The first-order valence-electron chi connectivity index (χ1n) is 7.50. The molecule has 1 fully saturated rings. The van der Waals surface area contributed by atoms with Crippen molar-refractivity contribution in [2.24, 2.45) is 0 Å². The zero-order valence-corrected chi connectivity index (χ0v) is 12.6. The lowest BCUT2D eigenvalue weighted by atomic mass is 10.00. The largest absolute Gasteiger partial charge is 0.416 e. The molecule has 2 rings (SSSR count). The van der Waals surface area contributed by atoms with Crippen molar-refractivity contribution in [1.82, 2.24) is 4.90 Å². The Balaban J connectivity index is 1.93. The summed E-state index contributed by atoms with van der Waals surface area (Å²) in [5.41, 5.74) is 0.841. The Bertz CT molecular complexity index is 471. The first kappa shape index (κ1) is 16.1. The highest BCUT2D eigenvalue weighted by Gasteiger charge is 2.30. The topological polar surface area (TPSA) is 15.3 Å². The van der Waals surface area contributed by atoms with Crippen molar-refractivity contribution in [2.45, 2.75) is 44.8 Å². The van der Waals surface area contributed by atoms with Crippen LogP contribution in [0.15, 0.2) is 18.2 Å². The van der Waals surface area contributed by atoms with Crippen molar-refractivity contribution in [3.05, 3.63) is 29.3 Å². The van der Waals surface area contributed by atoms with Crippen LogP contribution in [0.2, 0.25) is 0 Å². The van der Waals surface area contributed by atoms with Crippen LogP contribution in [-0.4, -0.2) is 31.1 Å². The lowest BCUT2D eigenvalue weighted by molar-refractivity contribution is -0.137. The van der Waals surface area contributed by atoms with Crippen LogP contribution in [0.4, 0.5) is 18.9 Å². The number of alkyl halides is 3. The first-order chi connectivity index (χ1) is 9.88. The number of nitrogens with one attached hydrogen (secondary N) is 1. The monoisotopic (exact) mass is 300 g/mol. The van der Waals surface area contributed by atoms with Crippen LogP contribution in [0.1, 0.15) is 36.8 Å². The molecule has 0 saturated carbocycles. The number of hydrogen-bond donors (Lipinski definition) is 1. The zero-order valence-electron chi connectivity index (χ0n) is 12.6. The summed E-state index contributed by atoms with van der Waals surface area (Å²) >= 11 is 0. The third kappa shape index (κ3) is 4.37. The quantitative estimate of drug-likeness (QED) is 0.892. The summed E-state index contributed by atoms with van der Waals surface area (Å²) in [6, 6.07) is 4.41. The number of hydrogen-bond acceptors (Lipinski definition) is 2. The standard InChI is InChI=1S/C16H23F3N2/c1-12-6-7-13(16(17,18)19)11-15(12)20-9-8-14-5-3-4-10-21(14)2/h6-7,11,14,20H,3-5,8-10H2,1-2H3. The van der Waals surface area contributed by atoms with E-state index in [1.807, 2.05) is 6.92 Å². The maximum absolute atomic E-state index is 12.7. The Morgan fingerprint density at radius 1 is 1.29 bits per heavy atom. The third-order valence-corrected chi connectivity index (χ3v) is 4.28. The second-order valence-corrected chi connectivity index (χ2v) is 5.87. The molecule has 5 heteroatoms. The Morgan fingerprint density at radius 2 is 2.05 bits per heavy atom. The number of anilines is 1. The van der Waals surface area contributed by atoms with Gasteiger partial charge in [0, 0.05) is 18.3 Å². The van der Waals surface area contributed by atoms with Gasteiger partial charge in [0.15, 0.2) is 0 Å². The van der Waals surface area contributed by atoms with Crippen molar-refractivity contribution in [1.29, 1.82) is 0 Å². The minimum atomic E-state index is -4.28. The number of aryl methyl sites for hydroxylation is 1. The van der Waals surface area contributed by atoms with Gasteiger partial charge in [-0.3, -0.25) is 0 Å². The number of likely N-dealkylation sites (tertiary alicyclic amines) is 1. The van der Waals surface area contributed by atoms with Crippen molar-refractivity contribution in [3.8, 4) is 0 Å². The molecule has 1 unspecified atom stereocenters. The summed E-state index contributed by atoms with van der Waals surface area (Å²) in [4.78, 5) is 2.35. The normalized spacial score (nSPS) is 20.5. The molecule has 0 aromatic heterocycles. The molecule has 0 spiro atoms. The molecule has 0 bridgehead atoms. The van der Waals surface area contributed by atoms with Crippen LogP contribution in [0, 0.1) is 6.92 Å². The van der Waals surface area contributed by atoms with E-state index < -0.39 is 11.7 Å². The molecule has 1 saturated heterocycles. The summed E-state index contributed by atoms with van der Waals surface area (Å²) in [5, 5.41) is 3.17. The van der Waals surface area contributed by atoms with Gasteiger partial charge in [0.2, 0.25) is 0 Å². The van der Waals surface area contributed by atoms with Gasteiger partial charge in [0.05, 0.1) is 5.56 Å². The maximum Gasteiger partial charge on any atom is 0.416 e. The van der Waals surface area contributed by atoms with Crippen molar-refractivity contribution in [3.63, 3.8) is 0 Å². The SMILES string of the molecule is Cc1ccc(C(F)(F)F)cc1NCCC1CCCCN1C. The Kier molecular flexibility index (Phi) is 5.14. The lowest BCUT2D eigenvalue weighted by Crippen LogP contribution is -2.37. The van der Waals surface area contributed by atoms with Crippen molar-refractivity contribution in [2.75, 3.05) is 25.5 Å². The average Bonchev–Trinajstić information content (AvgIpc) is 2.41. The van der Waals surface area contributed by atoms with Gasteiger partial charge >= 0.3 is 6.18 Å². The Labute approximate surface area is 124 Å². The minimum Gasteiger partial charge on any atom is -0.385 e. The number of nitrogens with zero attached hydrogens (tertiary/aromatic N) is 1. The van der Waals surface area contributed by atoms with Crippen molar-refractivity contribution >= 4 is 5.69 Å². The maximum atomic E-state index is 12.7. The Hall–Kier alpha value is -1.23. The molecule has 0 aliphatic carbocycles. The van der Waals surface area contributed by atoms with Gasteiger partial charge in [-0.15, -0.1) is 0 Å². The number of piperidine rings is 1. The minimum absolute atomic E-state index is 0.539. The molecule has 118 valence electrons. The van der Waals surface area contributed by atoms with E-state index in [1.165, 1.54) is 31.4 Å². The summed E-state index contributed by atoms with van der Waals surface area (Å²) in [6.07, 6.45) is 0.352. The molecule has 1 aliphatic heterocycles. The van der Waals surface area contributed by atoms with Gasteiger partial charge in [-0.2, -0.15) is 13.2 Å².